The lowest BCUT2D eigenvalue weighted by Crippen LogP contribution is -2.15. The zero-order valence-electron chi connectivity index (χ0n) is 8.12. The third-order valence-electron chi connectivity index (χ3n) is 3.02. The summed E-state index contributed by atoms with van der Waals surface area (Å²) in [7, 11) is 0. The van der Waals surface area contributed by atoms with Crippen LogP contribution in [0.1, 0.15) is 30.6 Å². The molecular weight excluding hydrogens is 178 g/mol. The van der Waals surface area contributed by atoms with Crippen LogP contribution in [0, 0.1) is 5.92 Å². The maximum atomic E-state index is 3.45. The van der Waals surface area contributed by atoms with Gasteiger partial charge in [0.05, 0.1) is 0 Å². The van der Waals surface area contributed by atoms with Crippen LogP contribution < -0.4 is 5.32 Å². The summed E-state index contributed by atoms with van der Waals surface area (Å²) in [6, 6.07) is 4.46. The van der Waals surface area contributed by atoms with Gasteiger partial charge < -0.3 is 5.32 Å². The zero-order chi connectivity index (χ0) is 9.10. The second-order valence-electron chi connectivity index (χ2n) is 3.78. The third kappa shape index (κ3) is 1.94. The molecule has 0 aliphatic carbocycles. The molecule has 72 valence electrons. The maximum absolute atomic E-state index is 3.45. The Morgan fingerprint density at radius 1 is 1.69 bits per heavy atom. The highest BCUT2D eigenvalue weighted by Gasteiger charge is 2.25. The fraction of sp³-hybridized carbons (Fsp3) is 0.636. The van der Waals surface area contributed by atoms with Crippen molar-refractivity contribution in [1.82, 2.24) is 5.32 Å². The molecule has 0 bridgehead atoms. The maximum Gasteiger partial charge on any atom is 0.00793 e. The minimum Gasteiger partial charge on any atom is -0.316 e. The molecule has 1 nitrogen and oxygen atoms in total. The molecule has 0 radical (unpaired) electrons. The minimum absolute atomic E-state index is 0.801. The predicted molar refractivity (Wildman–Crippen MR) is 58.3 cm³/mol. The molecule has 1 N–H and O–H groups in total. The van der Waals surface area contributed by atoms with E-state index in [1.165, 1.54) is 25.9 Å². The van der Waals surface area contributed by atoms with Crippen molar-refractivity contribution in [2.45, 2.75) is 25.7 Å². The number of hydrogen-bond acceptors (Lipinski definition) is 2. The molecule has 1 aliphatic heterocycles. The van der Waals surface area contributed by atoms with Gasteiger partial charge in [0.15, 0.2) is 0 Å². The largest absolute Gasteiger partial charge is 0.316 e. The molecule has 2 heteroatoms. The van der Waals surface area contributed by atoms with Crippen LogP contribution in [0.5, 0.6) is 0 Å². The second-order valence-corrected chi connectivity index (χ2v) is 4.76. The highest BCUT2D eigenvalue weighted by atomic mass is 32.1. The molecular formula is C11H17NS. The Morgan fingerprint density at radius 3 is 3.15 bits per heavy atom. The van der Waals surface area contributed by atoms with Crippen LogP contribution in [-0.2, 0) is 0 Å². The van der Waals surface area contributed by atoms with Crippen molar-refractivity contribution in [3.63, 3.8) is 0 Å². The SMILES string of the molecule is CCC(c1cccs1)C1CCNC1. The molecule has 1 fully saturated rings. The normalized spacial score (nSPS) is 24.8. The molecule has 0 aromatic carbocycles. The van der Waals surface area contributed by atoms with E-state index in [4.69, 9.17) is 0 Å². The summed E-state index contributed by atoms with van der Waals surface area (Å²) in [4.78, 5) is 1.58. The van der Waals surface area contributed by atoms with Crippen molar-refractivity contribution in [1.29, 1.82) is 0 Å². The van der Waals surface area contributed by atoms with Gasteiger partial charge >= 0.3 is 0 Å². The lowest BCUT2D eigenvalue weighted by Gasteiger charge is -2.19. The summed E-state index contributed by atoms with van der Waals surface area (Å²) in [5.74, 6) is 1.68. The Hall–Kier alpha value is -0.340. The highest BCUT2D eigenvalue weighted by molar-refractivity contribution is 7.10. The molecule has 1 aromatic heterocycles. The summed E-state index contributed by atoms with van der Waals surface area (Å²) in [6.45, 7) is 4.74. The molecule has 0 saturated carbocycles. The van der Waals surface area contributed by atoms with Gasteiger partial charge in [-0.1, -0.05) is 13.0 Å². The molecule has 0 amide bonds. The van der Waals surface area contributed by atoms with Gasteiger partial charge in [-0.2, -0.15) is 0 Å². The number of rotatable bonds is 3. The third-order valence-corrected chi connectivity index (χ3v) is 4.02. The van der Waals surface area contributed by atoms with Gasteiger partial charge in [-0.3, -0.25) is 0 Å². The van der Waals surface area contributed by atoms with Crippen molar-refractivity contribution in [2.75, 3.05) is 13.1 Å². The lowest BCUT2D eigenvalue weighted by atomic mass is 9.88. The average molecular weight is 195 g/mol. The fourth-order valence-corrected chi connectivity index (χ4v) is 3.29. The van der Waals surface area contributed by atoms with Gasteiger partial charge in [-0.15, -0.1) is 11.3 Å². The van der Waals surface area contributed by atoms with Crippen molar-refractivity contribution in [3.05, 3.63) is 22.4 Å². The van der Waals surface area contributed by atoms with Gasteiger partial charge in [0.2, 0.25) is 0 Å². The summed E-state index contributed by atoms with van der Waals surface area (Å²) >= 11 is 1.91. The van der Waals surface area contributed by atoms with Crippen molar-refractivity contribution in [3.8, 4) is 0 Å². The smallest absolute Gasteiger partial charge is 0.00793 e. The Morgan fingerprint density at radius 2 is 2.62 bits per heavy atom. The van der Waals surface area contributed by atoms with Gasteiger partial charge in [0.25, 0.3) is 0 Å². The highest BCUT2D eigenvalue weighted by Crippen LogP contribution is 2.34. The molecule has 0 spiro atoms. The molecule has 1 aromatic rings. The minimum atomic E-state index is 0.801. The van der Waals surface area contributed by atoms with Crippen LogP contribution in [0.25, 0.3) is 0 Å². The van der Waals surface area contributed by atoms with Gasteiger partial charge in [0.1, 0.15) is 0 Å². The first-order valence-corrected chi connectivity index (χ1v) is 6.04. The molecule has 2 heterocycles. The van der Waals surface area contributed by atoms with Crippen LogP contribution in [0.3, 0.4) is 0 Å². The zero-order valence-corrected chi connectivity index (χ0v) is 8.94. The first-order chi connectivity index (χ1) is 6.42. The van der Waals surface area contributed by atoms with E-state index < -0.39 is 0 Å². The second kappa shape index (κ2) is 4.25. The number of thiophene rings is 1. The van der Waals surface area contributed by atoms with Crippen molar-refractivity contribution >= 4 is 11.3 Å². The van der Waals surface area contributed by atoms with Crippen molar-refractivity contribution < 1.29 is 0 Å². The average Bonchev–Trinajstić information content (AvgIpc) is 2.76. The molecule has 1 aliphatic rings. The topological polar surface area (TPSA) is 12.0 Å². The quantitative estimate of drug-likeness (QED) is 0.782. The first kappa shape index (κ1) is 9.22. The van der Waals surface area contributed by atoms with E-state index in [1.54, 1.807) is 4.88 Å². The molecule has 2 unspecified atom stereocenters. The van der Waals surface area contributed by atoms with E-state index >= 15 is 0 Å². The van der Waals surface area contributed by atoms with Crippen LogP contribution in [0.4, 0.5) is 0 Å². The van der Waals surface area contributed by atoms with Crippen LogP contribution in [-0.4, -0.2) is 13.1 Å². The van der Waals surface area contributed by atoms with Crippen LogP contribution >= 0.6 is 11.3 Å². The Kier molecular flexibility index (Phi) is 3.01. The molecule has 1 saturated heterocycles. The van der Waals surface area contributed by atoms with Gasteiger partial charge in [-0.05, 0) is 49.2 Å². The summed E-state index contributed by atoms with van der Waals surface area (Å²) in [6.07, 6.45) is 2.64. The summed E-state index contributed by atoms with van der Waals surface area (Å²) < 4.78 is 0. The van der Waals surface area contributed by atoms with Crippen LogP contribution in [0.2, 0.25) is 0 Å². The van der Waals surface area contributed by atoms with E-state index in [9.17, 15) is 0 Å². The Balaban J connectivity index is 2.08. The first-order valence-electron chi connectivity index (χ1n) is 5.16. The lowest BCUT2D eigenvalue weighted by molar-refractivity contribution is 0.452. The summed E-state index contributed by atoms with van der Waals surface area (Å²) in [5.41, 5.74) is 0. The standard InChI is InChI=1S/C11H17NS/c1-2-10(9-5-6-12-8-9)11-4-3-7-13-11/h3-4,7,9-10,12H,2,5-6,8H2,1H3. The Labute approximate surface area is 84.2 Å². The van der Waals surface area contributed by atoms with Crippen molar-refractivity contribution in [2.24, 2.45) is 5.92 Å². The van der Waals surface area contributed by atoms with E-state index in [2.05, 4.69) is 29.8 Å². The molecule has 13 heavy (non-hydrogen) atoms. The van der Waals surface area contributed by atoms with Gasteiger partial charge in [-0.25, -0.2) is 0 Å². The Bertz CT molecular complexity index is 237. The fourth-order valence-electron chi connectivity index (χ4n) is 2.29. The van der Waals surface area contributed by atoms with E-state index in [1.807, 2.05) is 11.3 Å². The predicted octanol–water partition coefficient (Wildman–Crippen LogP) is 2.85. The van der Waals surface area contributed by atoms with Crippen LogP contribution in [0.15, 0.2) is 17.5 Å². The van der Waals surface area contributed by atoms with E-state index in [-0.39, 0.29) is 0 Å². The molecule has 2 rings (SSSR count). The number of hydrogen-bond donors (Lipinski definition) is 1. The monoisotopic (exact) mass is 195 g/mol. The summed E-state index contributed by atoms with van der Waals surface area (Å²) in [5, 5.41) is 5.65. The van der Waals surface area contributed by atoms with E-state index in [0.717, 1.165) is 11.8 Å². The molecule has 2 atom stereocenters. The van der Waals surface area contributed by atoms with Gasteiger partial charge in [0, 0.05) is 4.88 Å². The van der Waals surface area contributed by atoms with E-state index in [0.29, 0.717) is 0 Å². The number of nitrogens with one attached hydrogen (secondary N) is 1.